The fourth-order valence-corrected chi connectivity index (χ4v) is 5.00. The molecule has 2 aliphatic rings. The van der Waals surface area contributed by atoms with Crippen LogP contribution in [0, 0.1) is 17.8 Å². The molecule has 1 aromatic heterocycles. The molecule has 3 aromatic rings. The van der Waals surface area contributed by atoms with Gasteiger partial charge in [0, 0.05) is 12.5 Å². The van der Waals surface area contributed by atoms with E-state index in [0.29, 0.717) is 40.5 Å². The van der Waals surface area contributed by atoms with Gasteiger partial charge in [0.25, 0.3) is 0 Å². The standard InChI is InChI=1S/C24H22O4/c25-23(12-18-11-15-6-7-17(18)10-15)28-19-8-9-20-22(13-19)27-14-21(24(20)26)16-4-2-1-3-5-16/h1-5,8-9,13-15,17-18H,6-7,10-12H2/t15-,17-,18+/m1/s1. The Balaban J connectivity index is 1.35. The van der Waals surface area contributed by atoms with Gasteiger partial charge in [-0.25, -0.2) is 0 Å². The SMILES string of the molecule is O=C(C[C@@H]1C[C@@H]2CC[C@@H]1C2)Oc1ccc2c(=O)c(-c3ccccc3)coc2c1. The van der Waals surface area contributed by atoms with Crippen LogP contribution in [0.15, 0.2) is 64.0 Å². The van der Waals surface area contributed by atoms with E-state index >= 15 is 0 Å². The lowest BCUT2D eigenvalue weighted by Crippen LogP contribution is -2.18. The highest BCUT2D eigenvalue weighted by Crippen LogP contribution is 2.49. The van der Waals surface area contributed by atoms with Crippen LogP contribution in [0.3, 0.4) is 0 Å². The van der Waals surface area contributed by atoms with Crippen LogP contribution in [0.4, 0.5) is 0 Å². The van der Waals surface area contributed by atoms with E-state index < -0.39 is 0 Å². The fraction of sp³-hybridized carbons (Fsp3) is 0.333. The van der Waals surface area contributed by atoms with Crippen molar-refractivity contribution in [3.8, 4) is 16.9 Å². The van der Waals surface area contributed by atoms with Crippen molar-refractivity contribution >= 4 is 16.9 Å². The van der Waals surface area contributed by atoms with E-state index in [-0.39, 0.29) is 11.4 Å². The molecule has 5 rings (SSSR count). The van der Waals surface area contributed by atoms with Crippen LogP contribution in [0.2, 0.25) is 0 Å². The summed E-state index contributed by atoms with van der Waals surface area (Å²) in [5, 5.41) is 0.481. The first-order valence-corrected chi connectivity index (χ1v) is 9.99. The lowest BCUT2D eigenvalue weighted by molar-refractivity contribution is -0.135. The zero-order valence-electron chi connectivity index (χ0n) is 15.6. The van der Waals surface area contributed by atoms with Gasteiger partial charge in [-0.15, -0.1) is 0 Å². The van der Waals surface area contributed by atoms with E-state index in [1.807, 2.05) is 30.3 Å². The zero-order valence-corrected chi connectivity index (χ0v) is 15.6. The van der Waals surface area contributed by atoms with Gasteiger partial charge in [-0.3, -0.25) is 9.59 Å². The maximum absolute atomic E-state index is 12.8. The van der Waals surface area contributed by atoms with Crippen molar-refractivity contribution < 1.29 is 13.9 Å². The summed E-state index contributed by atoms with van der Waals surface area (Å²) in [6, 6.07) is 14.4. The van der Waals surface area contributed by atoms with Crippen molar-refractivity contribution in [2.24, 2.45) is 17.8 Å². The fourth-order valence-electron chi connectivity index (χ4n) is 5.00. The molecular weight excluding hydrogens is 352 g/mol. The van der Waals surface area contributed by atoms with Crippen LogP contribution in [0.1, 0.15) is 32.1 Å². The van der Waals surface area contributed by atoms with Crippen molar-refractivity contribution in [2.45, 2.75) is 32.1 Å². The molecule has 0 amide bonds. The largest absolute Gasteiger partial charge is 0.463 e. The van der Waals surface area contributed by atoms with Gasteiger partial charge in [0.15, 0.2) is 5.43 Å². The summed E-state index contributed by atoms with van der Waals surface area (Å²) in [7, 11) is 0. The summed E-state index contributed by atoms with van der Waals surface area (Å²) in [6.45, 7) is 0. The first-order valence-electron chi connectivity index (χ1n) is 9.99. The van der Waals surface area contributed by atoms with Crippen LogP contribution in [0.25, 0.3) is 22.1 Å². The van der Waals surface area contributed by atoms with E-state index in [1.165, 1.54) is 25.5 Å². The maximum atomic E-state index is 12.8. The highest BCUT2D eigenvalue weighted by atomic mass is 16.5. The van der Waals surface area contributed by atoms with Crippen LogP contribution in [-0.2, 0) is 4.79 Å². The summed E-state index contributed by atoms with van der Waals surface area (Å²) in [4.78, 5) is 25.2. The predicted molar refractivity (Wildman–Crippen MR) is 107 cm³/mol. The Morgan fingerprint density at radius 2 is 1.93 bits per heavy atom. The minimum atomic E-state index is -0.194. The molecular formula is C24H22O4. The van der Waals surface area contributed by atoms with E-state index in [2.05, 4.69) is 0 Å². The third-order valence-corrected chi connectivity index (χ3v) is 6.38. The molecule has 0 saturated heterocycles. The van der Waals surface area contributed by atoms with Crippen LogP contribution in [-0.4, -0.2) is 5.97 Å². The molecule has 0 spiro atoms. The molecule has 2 saturated carbocycles. The van der Waals surface area contributed by atoms with Gasteiger partial charge < -0.3 is 9.15 Å². The summed E-state index contributed by atoms with van der Waals surface area (Å²) >= 11 is 0. The van der Waals surface area contributed by atoms with E-state index in [0.717, 1.165) is 17.9 Å². The van der Waals surface area contributed by atoms with E-state index in [1.54, 1.807) is 18.2 Å². The normalized spacial score (nSPS) is 23.2. The lowest BCUT2D eigenvalue weighted by atomic mass is 9.86. The quantitative estimate of drug-likeness (QED) is 0.466. The predicted octanol–water partition coefficient (Wildman–Crippen LogP) is 5.19. The van der Waals surface area contributed by atoms with Crippen molar-refractivity contribution in [1.29, 1.82) is 0 Å². The minimum absolute atomic E-state index is 0.0905. The van der Waals surface area contributed by atoms with Gasteiger partial charge in [0.1, 0.15) is 17.6 Å². The second kappa shape index (κ2) is 6.93. The highest BCUT2D eigenvalue weighted by Gasteiger charge is 2.40. The average molecular weight is 374 g/mol. The van der Waals surface area contributed by atoms with Crippen LogP contribution >= 0.6 is 0 Å². The first kappa shape index (κ1) is 17.2. The van der Waals surface area contributed by atoms with Crippen molar-refractivity contribution in [3.05, 3.63) is 65.0 Å². The number of ether oxygens (including phenoxy) is 1. The molecule has 2 aliphatic carbocycles. The monoisotopic (exact) mass is 374 g/mol. The highest BCUT2D eigenvalue weighted by molar-refractivity contribution is 5.83. The van der Waals surface area contributed by atoms with Gasteiger partial charge in [0.05, 0.1) is 10.9 Å². The molecule has 0 N–H and O–H groups in total. The number of carbonyl (C=O) groups is 1. The Labute approximate surface area is 163 Å². The second-order valence-electron chi connectivity index (χ2n) is 8.12. The van der Waals surface area contributed by atoms with Crippen molar-refractivity contribution in [2.75, 3.05) is 0 Å². The van der Waals surface area contributed by atoms with Gasteiger partial charge in [-0.05, 0) is 54.7 Å². The average Bonchev–Trinajstić information content (AvgIpc) is 3.32. The molecule has 2 aromatic carbocycles. The Bertz CT molecular complexity index is 1080. The van der Waals surface area contributed by atoms with Crippen LogP contribution in [0.5, 0.6) is 5.75 Å². The number of hydrogen-bond donors (Lipinski definition) is 0. The molecule has 0 aliphatic heterocycles. The zero-order chi connectivity index (χ0) is 19.1. The molecule has 142 valence electrons. The molecule has 0 radical (unpaired) electrons. The molecule has 1 heterocycles. The van der Waals surface area contributed by atoms with E-state index in [9.17, 15) is 9.59 Å². The molecule has 28 heavy (non-hydrogen) atoms. The number of rotatable bonds is 4. The third-order valence-electron chi connectivity index (χ3n) is 6.38. The van der Waals surface area contributed by atoms with Gasteiger partial charge in [0.2, 0.25) is 0 Å². The third kappa shape index (κ3) is 3.13. The maximum Gasteiger partial charge on any atom is 0.311 e. The Kier molecular flexibility index (Phi) is 4.27. The number of benzene rings is 2. The molecule has 4 nitrogen and oxygen atoms in total. The van der Waals surface area contributed by atoms with E-state index in [4.69, 9.17) is 9.15 Å². The van der Waals surface area contributed by atoms with Crippen LogP contribution < -0.4 is 10.2 Å². The Morgan fingerprint density at radius 3 is 2.68 bits per heavy atom. The number of fused-ring (bicyclic) bond motifs is 3. The van der Waals surface area contributed by atoms with Gasteiger partial charge >= 0.3 is 5.97 Å². The summed E-state index contributed by atoms with van der Waals surface area (Å²) in [5.74, 6) is 2.22. The topological polar surface area (TPSA) is 56.5 Å². The number of carbonyl (C=O) groups excluding carboxylic acids is 1. The Morgan fingerprint density at radius 1 is 1.07 bits per heavy atom. The summed E-state index contributed by atoms with van der Waals surface area (Å²) < 4.78 is 11.2. The summed E-state index contributed by atoms with van der Waals surface area (Å²) in [5.41, 5.74) is 1.68. The first-order chi connectivity index (χ1) is 13.7. The number of hydrogen-bond acceptors (Lipinski definition) is 4. The molecule has 3 atom stereocenters. The number of esters is 1. The minimum Gasteiger partial charge on any atom is -0.463 e. The molecule has 2 bridgehead atoms. The molecule has 0 unspecified atom stereocenters. The smallest absolute Gasteiger partial charge is 0.311 e. The second-order valence-corrected chi connectivity index (χ2v) is 8.12. The lowest BCUT2D eigenvalue weighted by Gasteiger charge is -2.20. The molecule has 2 fully saturated rings. The van der Waals surface area contributed by atoms with Crippen molar-refractivity contribution in [3.63, 3.8) is 0 Å². The summed E-state index contributed by atoms with van der Waals surface area (Å²) in [6.07, 6.45) is 6.98. The Hall–Kier alpha value is -2.88. The van der Waals surface area contributed by atoms with Gasteiger partial charge in [-0.2, -0.15) is 0 Å². The van der Waals surface area contributed by atoms with Gasteiger partial charge in [-0.1, -0.05) is 36.8 Å². The van der Waals surface area contributed by atoms with Crippen molar-refractivity contribution in [1.82, 2.24) is 0 Å². The molecule has 4 heteroatoms.